The largest absolute Gasteiger partial charge is 0.465 e. The number of aryl methyl sites for hydroxylation is 1. The Bertz CT molecular complexity index is 1730. The Hall–Kier alpha value is -4.47. The molecule has 5 rings (SSSR count). The Morgan fingerprint density at radius 3 is 2.42 bits per heavy atom. The van der Waals surface area contributed by atoms with Gasteiger partial charge in [-0.1, -0.05) is 73.1 Å². The van der Waals surface area contributed by atoms with Gasteiger partial charge in [-0.2, -0.15) is 0 Å². The van der Waals surface area contributed by atoms with Crippen LogP contribution in [0.2, 0.25) is 5.02 Å². The molecule has 0 aliphatic heterocycles. The van der Waals surface area contributed by atoms with Crippen molar-refractivity contribution in [3.8, 4) is 11.5 Å². The number of fused-ring (bicyclic) bond motifs is 1. The minimum absolute atomic E-state index is 0.0884. The lowest BCUT2D eigenvalue weighted by molar-refractivity contribution is 0.0566. The second-order valence-electron chi connectivity index (χ2n) is 10.9. The molecule has 0 saturated heterocycles. The van der Waals surface area contributed by atoms with E-state index in [-0.39, 0.29) is 12.6 Å². The minimum Gasteiger partial charge on any atom is -0.465 e. The van der Waals surface area contributed by atoms with Crippen molar-refractivity contribution in [1.82, 2.24) is 9.88 Å². The number of aromatic nitrogens is 1. The van der Waals surface area contributed by atoms with Crippen LogP contribution in [0, 0.1) is 0 Å². The molecule has 4 aromatic carbocycles. The van der Waals surface area contributed by atoms with E-state index in [4.69, 9.17) is 21.4 Å². The summed E-state index contributed by atoms with van der Waals surface area (Å²) in [5.41, 5.74) is 4.71. The summed E-state index contributed by atoms with van der Waals surface area (Å²) in [4.78, 5) is 17.8. The quantitative estimate of drug-likeness (QED) is 0.107. The van der Waals surface area contributed by atoms with Gasteiger partial charge in [-0.15, -0.1) is 0 Å². The van der Waals surface area contributed by atoms with Gasteiger partial charge in [0.2, 0.25) is 0 Å². The number of amides is 1. The molecule has 2 atom stereocenters. The molecule has 0 spiro atoms. The Kier molecular flexibility index (Phi) is 10.7. The molecule has 1 heterocycles. The maximum absolute atomic E-state index is 11.1. The third-order valence-corrected chi connectivity index (χ3v) is 7.89. The van der Waals surface area contributed by atoms with E-state index in [1.165, 1.54) is 0 Å². The molecule has 8 nitrogen and oxygen atoms in total. The highest BCUT2D eigenvalue weighted by Crippen LogP contribution is 2.32. The fraction of sp³-hybridized carbons (Fsp3) is 0.222. The average Bonchev–Trinajstić information content (AvgIpc) is 3.04. The molecule has 1 amide bonds. The van der Waals surface area contributed by atoms with E-state index in [0.29, 0.717) is 53.7 Å². The van der Waals surface area contributed by atoms with Gasteiger partial charge in [0.05, 0.1) is 18.2 Å². The fourth-order valence-corrected chi connectivity index (χ4v) is 5.52. The third kappa shape index (κ3) is 8.59. The van der Waals surface area contributed by atoms with Crippen molar-refractivity contribution in [2.24, 2.45) is 0 Å². The number of aliphatic hydroxyl groups is 2. The Morgan fingerprint density at radius 1 is 0.956 bits per heavy atom. The predicted molar refractivity (Wildman–Crippen MR) is 177 cm³/mol. The standard InChI is InChI=1S/C36H36ClN3O5/c1-2-28-20-35(32-16-13-29(39-36(43)44)19-33(32)38-28)45-31-14-11-24(12-15-31)17-30(23-41)40(21-25-7-4-3-5-8-25)22-34(42)26-9-6-10-27(37)18-26/h3-16,18-20,30,34,39,41-42H,2,17,21-23H2,1H3,(H,43,44)/t30-,34-/m0/s1. The summed E-state index contributed by atoms with van der Waals surface area (Å²) in [6, 6.07) is 31.8. The second kappa shape index (κ2) is 15.0. The summed E-state index contributed by atoms with van der Waals surface area (Å²) in [7, 11) is 0. The molecule has 0 aliphatic rings. The molecule has 4 N–H and O–H groups in total. The van der Waals surface area contributed by atoms with Crippen molar-refractivity contribution in [2.45, 2.75) is 38.5 Å². The van der Waals surface area contributed by atoms with Gasteiger partial charge < -0.3 is 20.1 Å². The molecular weight excluding hydrogens is 590 g/mol. The number of benzene rings is 4. The van der Waals surface area contributed by atoms with Crippen molar-refractivity contribution in [2.75, 3.05) is 18.5 Å². The Labute approximate surface area is 267 Å². The summed E-state index contributed by atoms with van der Waals surface area (Å²) < 4.78 is 6.30. The molecule has 5 aromatic rings. The number of pyridine rings is 1. The van der Waals surface area contributed by atoms with Crippen molar-refractivity contribution in [3.63, 3.8) is 0 Å². The summed E-state index contributed by atoms with van der Waals surface area (Å²) >= 11 is 6.18. The number of carbonyl (C=O) groups is 1. The van der Waals surface area contributed by atoms with Gasteiger partial charge in [-0.05, 0) is 72.0 Å². The van der Waals surface area contributed by atoms with Gasteiger partial charge in [-0.25, -0.2) is 4.79 Å². The van der Waals surface area contributed by atoms with Crippen LogP contribution in [-0.2, 0) is 19.4 Å². The van der Waals surface area contributed by atoms with E-state index in [1.54, 1.807) is 30.3 Å². The summed E-state index contributed by atoms with van der Waals surface area (Å²) in [6.45, 7) is 2.79. The van der Waals surface area contributed by atoms with E-state index in [1.807, 2.05) is 79.7 Å². The maximum atomic E-state index is 11.1. The van der Waals surface area contributed by atoms with Crippen LogP contribution < -0.4 is 10.1 Å². The number of rotatable bonds is 13. The van der Waals surface area contributed by atoms with E-state index in [2.05, 4.69) is 15.2 Å². The lowest BCUT2D eigenvalue weighted by atomic mass is 10.0. The smallest absolute Gasteiger partial charge is 0.409 e. The zero-order valence-corrected chi connectivity index (χ0v) is 25.7. The maximum Gasteiger partial charge on any atom is 0.409 e. The molecule has 1 aromatic heterocycles. The van der Waals surface area contributed by atoms with Crippen molar-refractivity contribution >= 4 is 34.3 Å². The topological polar surface area (TPSA) is 115 Å². The van der Waals surface area contributed by atoms with Crippen molar-refractivity contribution in [3.05, 3.63) is 131 Å². The van der Waals surface area contributed by atoms with Crippen molar-refractivity contribution < 1.29 is 24.9 Å². The minimum atomic E-state index is -1.14. The highest BCUT2D eigenvalue weighted by Gasteiger charge is 2.23. The zero-order chi connectivity index (χ0) is 31.8. The third-order valence-electron chi connectivity index (χ3n) is 7.66. The first kappa shape index (κ1) is 31.9. The monoisotopic (exact) mass is 625 g/mol. The molecular formula is C36H36ClN3O5. The van der Waals surface area contributed by atoms with Crippen LogP contribution in [0.15, 0.2) is 103 Å². The van der Waals surface area contributed by atoms with Crippen molar-refractivity contribution in [1.29, 1.82) is 0 Å². The fourth-order valence-electron chi connectivity index (χ4n) is 5.32. The SMILES string of the molecule is CCc1cc(Oc2ccc(C[C@@H](CO)N(Cc3ccccc3)C[C@H](O)c3cccc(Cl)c3)cc2)c2ccc(NC(=O)O)cc2n1. The number of carboxylic acid groups (broad SMARTS) is 1. The van der Waals surface area contributed by atoms with E-state index in [0.717, 1.165) is 27.8 Å². The van der Waals surface area contributed by atoms with Gasteiger partial charge in [0.25, 0.3) is 0 Å². The van der Waals surface area contributed by atoms with E-state index in [9.17, 15) is 15.0 Å². The molecule has 0 saturated carbocycles. The van der Waals surface area contributed by atoms with Crippen LogP contribution in [0.3, 0.4) is 0 Å². The number of aliphatic hydroxyl groups excluding tert-OH is 2. The highest BCUT2D eigenvalue weighted by molar-refractivity contribution is 6.30. The van der Waals surface area contributed by atoms with E-state index >= 15 is 0 Å². The summed E-state index contributed by atoms with van der Waals surface area (Å²) in [5.74, 6) is 1.27. The molecule has 45 heavy (non-hydrogen) atoms. The molecule has 0 fully saturated rings. The van der Waals surface area contributed by atoms with Gasteiger partial charge >= 0.3 is 6.09 Å². The first-order chi connectivity index (χ1) is 21.8. The van der Waals surface area contributed by atoms with Gasteiger partial charge in [-0.3, -0.25) is 15.2 Å². The number of nitrogens with zero attached hydrogens (tertiary/aromatic N) is 2. The van der Waals surface area contributed by atoms with Crippen LogP contribution >= 0.6 is 11.6 Å². The number of hydrogen-bond acceptors (Lipinski definition) is 6. The first-order valence-corrected chi connectivity index (χ1v) is 15.2. The van der Waals surface area contributed by atoms with Gasteiger partial charge in [0.1, 0.15) is 11.5 Å². The first-order valence-electron chi connectivity index (χ1n) is 14.8. The van der Waals surface area contributed by atoms with Crippen LogP contribution in [0.1, 0.15) is 35.4 Å². The number of hydrogen-bond donors (Lipinski definition) is 4. The van der Waals surface area contributed by atoms with E-state index < -0.39 is 12.2 Å². The highest BCUT2D eigenvalue weighted by atomic mass is 35.5. The normalized spacial score (nSPS) is 12.6. The zero-order valence-electron chi connectivity index (χ0n) is 24.9. The number of halogens is 1. The molecule has 0 bridgehead atoms. The van der Waals surface area contributed by atoms with Crippen LogP contribution in [0.4, 0.5) is 10.5 Å². The van der Waals surface area contributed by atoms with Gasteiger partial charge in [0.15, 0.2) is 0 Å². The molecule has 0 unspecified atom stereocenters. The number of nitrogens with one attached hydrogen (secondary N) is 1. The molecule has 0 radical (unpaired) electrons. The van der Waals surface area contributed by atoms with Crippen LogP contribution in [0.5, 0.6) is 11.5 Å². The lowest BCUT2D eigenvalue weighted by Crippen LogP contribution is -2.41. The Balaban J connectivity index is 1.34. The van der Waals surface area contributed by atoms with Crippen LogP contribution in [0.25, 0.3) is 10.9 Å². The van der Waals surface area contributed by atoms with Gasteiger partial charge in [0, 0.05) is 47.0 Å². The number of ether oxygens (including phenoxy) is 1. The summed E-state index contributed by atoms with van der Waals surface area (Å²) in [5, 5.41) is 34.4. The molecule has 0 aliphatic carbocycles. The molecule has 9 heteroatoms. The lowest BCUT2D eigenvalue weighted by Gasteiger charge is -2.32. The second-order valence-corrected chi connectivity index (χ2v) is 11.3. The molecule has 232 valence electrons. The Morgan fingerprint density at radius 2 is 1.73 bits per heavy atom. The van der Waals surface area contributed by atoms with Crippen LogP contribution in [-0.4, -0.2) is 50.5 Å². The summed E-state index contributed by atoms with van der Waals surface area (Å²) in [6.07, 6.45) is -0.669. The number of anilines is 1. The average molecular weight is 626 g/mol. The predicted octanol–water partition coefficient (Wildman–Crippen LogP) is 7.47.